The van der Waals surface area contributed by atoms with E-state index in [9.17, 15) is 9.90 Å². The summed E-state index contributed by atoms with van der Waals surface area (Å²) in [4.78, 5) is 20.3. The van der Waals surface area contributed by atoms with E-state index in [0.717, 1.165) is 48.1 Å². The van der Waals surface area contributed by atoms with Crippen LogP contribution in [0.3, 0.4) is 0 Å². The van der Waals surface area contributed by atoms with Crippen molar-refractivity contribution in [2.24, 2.45) is 23.5 Å². The molecule has 216 valence electrons. The molecule has 41 heavy (non-hydrogen) atoms. The van der Waals surface area contributed by atoms with Crippen molar-refractivity contribution in [1.82, 2.24) is 24.1 Å². The fourth-order valence-electron chi connectivity index (χ4n) is 6.88. The quantitative estimate of drug-likeness (QED) is 0.332. The fraction of sp³-hybridized carbons (Fsp3) is 0.531. The van der Waals surface area contributed by atoms with Gasteiger partial charge in [-0.25, -0.2) is 13.9 Å². The van der Waals surface area contributed by atoms with Gasteiger partial charge in [-0.15, -0.1) is 0 Å². The van der Waals surface area contributed by atoms with E-state index in [-0.39, 0.29) is 35.4 Å². The number of rotatable bonds is 7. The third kappa shape index (κ3) is 4.27. The molecule has 0 radical (unpaired) electrons. The van der Waals surface area contributed by atoms with Crippen LogP contribution < -0.4 is 5.73 Å². The Morgan fingerprint density at radius 1 is 1.22 bits per heavy atom. The van der Waals surface area contributed by atoms with E-state index in [4.69, 9.17) is 15.8 Å². The first-order valence-corrected chi connectivity index (χ1v) is 15.1. The number of likely N-dealkylation sites (tertiary alicyclic amines) is 1. The topological polar surface area (TPSA) is 102 Å². The SMILES string of the molecule is CCC1C(N)C(C)CN1C(=O)c1cc(F)c2c(C)c(-c3cc4ccc(C(C)(O)C5CC5)nc4n3CC3CC3)nn2c1. The molecule has 3 aliphatic rings. The van der Waals surface area contributed by atoms with Crippen LogP contribution in [-0.2, 0) is 12.1 Å². The number of carbonyl (C=O) groups excluding carboxylic acids is 1. The molecule has 4 unspecified atom stereocenters. The Morgan fingerprint density at radius 2 is 1.98 bits per heavy atom. The summed E-state index contributed by atoms with van der Waals surface area (Å²) >= 11 is 0. The predicted molar refractivity (Wildman–Crippen MR) is 156 cm³/mol. The Kier molecular flexibility index (Phi) is 6.07. The molecule has 1 amide bonds. The zero-order chi connectivity index (χ0) is 28.8. The van der Waals surface area contributed by atoms with Gasteiger partial charge in [0.15, 0.2) is 0 Å². The molecule has 9 heteroatoms. The Bertz CT molecular complexity index is 1680. The van der Waals surface area contributed by atoms with Gasteiger partial charge in [-0.3, -0.25) is 4.79 Å². The molecule has 4 atom stereocenters. The van der Waals surface area contributed by atoms with Crippen molar-refractivity contribution in [3.05, 3.63) is 53.1 Å². The molecule has 5 heterocycles. The van der Waals surface area contributed by atoms with Gasteiger partial charge >= 0.3 is 0 Å². The van der Waals surface area contributed by atoms with Crippen molar-refractivity contribution in [2.45, 2.75) is 84.0 Å². The molecule has 0 spiro atoms. The standard InChI is InChI=1S/C32H39FN6O2/c1-5-24-27(34)17(2)14-38(24)31(40)21-12-23(33)29-18(3)28(36-39(29)16-21)25-13-20-8-11-26(32(4,41)22-9-10-22)35-30(20)37(25)15-19-6-7-19/h8,11-13,16-17,19,22,24,27,41H,5-7,9-10,14-15,34H2,1-4H3. The van der Waals surface area contributed by atoms with Crippen molar-refractivity contribution in [3.63, 3.8) is 0 Å². The van der Waals surface area contributed by atoms with Crippen LogP contribution in [0.4, 0.5) is 4.39 Å². The van der Waals surface area contributed by atoms with E-state index in [2.05, 4.69) is 17.6 Å². The molecule has 4 aromatic rings. The molecule has 2 saturated carbocycles. The lowest BCUT2D eigenvalue weighted by Crippen LogP contribution is -2.42. The van der Waals surface area contributed by atoms with E-state index in [0.29, 0.717) is 29.4 Å². The Labute approximate surface area is 239 Å². The Morgan fingerprint density at radius 3 is 2.66 bits per heavy atom. The highest BCUT2D eigenvalue weighted by Gasteiger charge is 2.43. The first-order chi connectivity index (χ1) is 19.6. The molecular weight excluding hydrogens is 519 g/mol. The maximum Gasteiger partial charge on any atom is 0.255 e. The second-order valence-electron chi connectivity index (χ2n) is 12.9. The van der Waals surface area contributed by atoms with Crippen molar-refractivity contribution < 1.29 is 14.3 Å². The summed E-state index contributed by atoms with van der Waals surface area (Å²) < 4.78 is 19.4. The lowest BCUT2D eigenvalue weighted by atomic mass is 9.95. The number of nitrogens with two attached hydrogens (primary N) is 1. The molecule has 3 N–H and O–H groups in total. The van der Waals surface area contributed by atoms with E-state index in [1.807, 2.05) is 32.9 Å². The minimum atomic E-state index is -0.956. The number of aliphatic hydroxyl groups is 1. The second kappa shape index (κ2) is 9.36. The molecule has 8 nitrogen and oxygen atoms in total. The highest BCUT2D eigenvalue weighted by atomic mass is 19.1. The molecule has 1 saturated heterocycles. The molecule has 1 aliphatic heterocycles. The van der Waals surface area contributed by atoms with E-state index < -0.39 is 11.4 Å². The number of aryl methyl sites for hydroxylation is 1. The number of fused-ring (bicyclic) bond motifs is 2. The minimum absolute atomic E-state index is 0.0672. The molecule has 0 aromatic carbocycles. The van der Waals surface area contributed by atoms with Gasteiger partial charge in [0, 0.05) is 42.3 Å². The summed E-state index contributed by atoms with van der Waals surface area (Å²) in [7, 11) is 0. The summed E-state index contributed by atoms with van der Waals surface area (Å²) in [6.45, 7) is 9.19. The van der Waals surface area contributed by atoms with Gasteiger partial charge in [-0.2, -0.15) is 5.10 Å². The number of halogens is 1. The fourth-order valence-corrected chi connectivity index (χ4v) is 6.88. The average molecular weight is 559 g/mol. The highest BCUT2D eigenvalue weighted by molar-refractivity contribution is 5.95. The number of pyridine rings is 2. The number of nitrogens with zero attached hydrogens (tertiary/aromatic N) is 5. The monoisotopic (exact) mass is 558 g/mol. The predicted octanol–water partition coefficient (Wildman–Crippen LogP) is 5.02. The zero-order valence-corrected chi connectivity index (χ0v) is 24.3. The zero-order valence-electron chi connectivity index (χ0n) is 24.3. The van der Waals surface area contributed by atoms with Crippen LogP contribution in [0.5, 0.6) is 0 Å². The largest absolute Gasteiger partial charge is 0.384 e. The molecule has 3 fully saturated rings. The first-order valence-electron chi connectivity index (χ1n) is 15.1. The minimum Gasteiger partial charge on any atom is -0.384 e. The summed E-state index contributed by atoms with van der Waals surface area (Å²) in [6.07, 6.45) is 6.77. The summed E-state index contributed by atoms with van der Waals surface area (Å²) in [5.41, 5.74) is 9.84. The van der Waals surface area contributed by atoms with Gasteiger partial charge in [0.05, 0.1) is 17.0 Å². The van der Waals surface area contributed by atoms with Crippen LogP contribution in [0.15, 0.2) is 30.5 Å². The maximum atomic E-state index is 15.7. The summed E-state index contributed by atoms with van der Waals surface area (Å²) in [6, 6.07) is 7.20. The van der Waals surface area contributed by atoms with Gasteiger partial charge in [-0.05, 0) is 88.0 Å². The van der Waals surface area contributed by atoms with Gasteiger partial charge in [0.2, 0.25) is 0 Å². The van der Waals surface area contributed by atoms with Crippen LogP contribution in [0, 0.1) is 30.5 Å². The van der Waals surface area contributed by atoms with Crippen LogP contribution in [0.25, 0.3) is 27.9 Å². The number of amides is 1. The first kappa shape index (κ1) is 26.6. The Balaban J connectivity index is 1.32. The second-order valence-corrected chi connectivity index (χ2v) is 12.9. The third-order valence-corrected chi connectivity index (χ3v) is 9.84. The summed E-state index contributed by atoms with van der Waals surface area (Å²) in [5.74, 6) is 0.313. The number of carbonyl (C=O) groups is 1. The van der Waals surface area contributed by atoms with Gasteiger partial charge in [-0.1, -0.05) is 13.8 Å². The molecule has 7 rings (SSSR count). The van der Waals surface area contributed by atoms with Crippen molar-refractivity contribution >= 4 is 22.5 Å². The van der Waals surface area contributed by atoms with Crippen molar-refractivity contribution in [2.75, 3.05) is 6.54 Å². The van der Waals surface area contributed by atoms with Gasteiger partial charge in [0.1, 0.15) is 28.3 Å². The normalized spacial score (nSPS) is 24.5. The smallest absolute Gasteiger partial charge is 0.255 e. The van der Waals surface area contributed by atoms with Crippen LogP contribution in [0.2, 0.25) is 0 Å². The van der Waals surface area contributed by atoms with Crippen LogP contribution in [0.1, 0.15) is 74.5 Å². The van der Waals surface area contributed by atoms with Crippen molar-refractivity contribution in [1.29, 1.82) is 0 Å². The Hall–Kier alpha value is -3.30. The van der Waals surface area contributed by atoms with Crippen molar-refractivity contribution in [3.8, 4) is 11.4 Å². The van der Waals surface area contributed by atoms with E-state index >= 15 is 4.39 Å². The number of hydrogen-bond acceptors (Lipinski definition) is 5. The number of aromatic nitrogens is 4. The molecule has 0 bridgehead atoms. The third-order valence-electron chi connectivity index (χ3n) is 9.84. The molecule has 2 aliphatic carbocycles. The van der Waals surface area contributed by atoms with E-state index in [1.54, 1.807) is 11.1 Å². The van der Waals surface area contributed by atoms with Crippen LogP contribution >= 0.6 is 0 Å². The van der Waals surface area contributed by atoms with Crippen LogP contribution in [-0.4, -0.2) is 53.7 Å². The average Bonchev–Trinajstić information content (AvgIpc) is 3.87. The van der Waals surface area contributed by atoms with Gasteiger partial charge in [0.25, 0.3) is 5.91 Å². The lowest BCUT2D eigenvalue weighted by molar-refractivity contribution is 0.0289. The molecular formula is C32H39FN6O2. The molecule has 4 aromatic heterocycles. The maximum absolute atomic E-state index is 15.7. The lowest BCUT2D eigenvalue weighted by Gasteiger charge is -2.25. The van der Waals surface area contributed by atoms with Gasteiger partial charge < -0.3 is 20.3 Å². The number of hydrogen-bond donors (Lipinski definition) is 2. The van der Waals surface area contributed by atoms with E-state index in [1.165, 1.54) is 23.4 Å². The summed E-state index contributed by atoms with van der Waals surface area (Å²) in [5, 5.41) is 17.0. The highest BCUT2D eigenvalue weighted by Crippen LogP contribution is 2.45.